The van der Waals surface area contributed by atoms with Crippen molar-refractivity contribution in [2.75, 3.05) is 0 Å². The molecule has 0 atom stereocenters. The van der Waals surface area contributed by atoms with Crippen molar-refractivity contribution in [2.45, 2.75) is 20.8 Å². The molecular weight excluding hydrogens is 765 g/mol. The van der Waals surface area contributed by atoms with Gasteiger partial charge >= 0.3 is 0 Å². The molecule has 0 aliphatic rings. The minimum absolute atomic E-state index is 0.569. The van der Waals surface area contributed by atoms with Gasteiger partial charge in [-0.05, 0) is 143 Å². The Bertz CT molecular complexity index is 3750. The average molecular weight is 805 g/mol. The molecule has 0 aliphatic heterocycles. The van der Waals surface area contributed by atoms with Crippen molar-refractivity contribution in [3.05, 3.63) is 222 Å². The highest BCUT2D eigenvalue weighted by molar-refractivity contribution is 6.13. The van der Waals surface area contributed by atoms with Gasteiger partial charge in [-0.25, -0.2) is 4.85 Å². The first-order valence-corrected chi connectivity index (χ1v) is 21.3. The van der Waals surface area contributed by atoms with Crippen molar-refractivity contribution >= 4 is 49.3 Å². The molecule has 63 heavy (non-hydrogen) atoms. The largest absolute Gasteiger partial charge is 0.309 e. The molecule has 2 heterocycles. The standard InChI is InChI=1S/C59H40N4/c1-37-13-5-7-15-45(37)41-23-28-56-51(32-41)48-17-9-11-19-54(48)62(56)58-30-25-44(61-4)35-53(58)50-27-22-43(47-26-21-40(36-60)31-39(47)3)34-59(50)63-55-20-12-10-18-49(55)52-33-42(24-29-57(52)63)46-16-8-6-14-38(46)2/h5-35H,1-3H3. The summed E-state index contributed by atoms with van der Waals surface area (Å²) in [5.74, 6) is 0. The summed E-state index contributed by atoms with van der Waals surface area (Å²) < 4.78 is 4.77. The average Bonchev–Trinajstić information content (AvgIpc) is 3.83. The SMILES string of the molecule is [C-]#[N+]c1ccc(-n2c3ccccc3c3cc(-c4ccccc4C)ccc32)c(-c2ccc(-c3ccc(C#N)cc3C)cc2-n2c3ccccc3c3cc(-c4ccccc4C)ccc32)c1. The van der Waals surface area contributed by atoms with Gasteiger partial charge in [-0.3, -0.25) is 0 Å². The van der Waals surface area contributed by atoms with Crippen molar-refractivity contribution in [2.24, 2.45) is 0 Å². The quantitative estimate of drug-likeness (QED) is 0.154. The Hall–Kier alpha value is -8.44. The van der Waals surface area contributed by atoms with E-state index in [0.29, 0.717) is 11.3 Å². The zero-order valence-electron chi connectivity index (χ0n) is 35.2. The minimum Gasteiger partial charge on any atom is -0.309 e. The highest BCUT2D eigenvalue weighted by atomic mass is 15.0. The molecule has 0 unspecified atom stereocenters. The van der Waals surface area contributed by atoms with Crippen LogP contribution in [0.3, 0.4) is 0 Å². The monoisotopic (exact) mass is 804 g/mol. The summed E-state index contributed by atoms with van der Waals surface area (Å²) in [7, 11) is 0. The number of rotatable bonds is 6. The lowest BCUT2D eigenvalue weighted by molar-refractivity contribution is 1.16. The second-order valence-electron chi connectivity index (χ2n) is 16.5. The molecule has 0 aliphatic carbocycles. The van der Waals surface area contributed by atoms with E-state index >= 15 is 0 Å². The van der Waals surface area contributed by atoms with Gasteiger partial charge in [0.05, 0.1) is 51.6 Å². The van der Waals surface area contributed by atoms with E-state index in [4.69, 9.17) is 6.57 Å². The molecule has 0 bridgehead atoms. The number of hydrogen-bond acceptors (Lipinski definition) is 1. The molecule has 0 saturated carbocycles. The second kappa shape index (κ2) is 14.9. The van der Waals surface area contributed by atoms with Crippen LogP contribution in [0, 0.1) is 38.7 Å². The Balaban J connectivity index is 1.22. The van der Waals surface area contributed by atoms with Crippen LogP contribution in [-0.2, 0) is 0 Å². The van der Waals surface area contributed by atoms with E-state index in [1.165, 1.54) is 49.5 Å². The van der Waals surface area contributed by atoms with E-state index < -0.39 is 0 Å². The first-order valence-electron chi connectivity index (χ1n) is 21.3. The van der Waals surface area contributed by atoms with Gasteiger partial charge in [0.15, 0.2) is 5.69 Å². The summed E-state index contributed by atoms with van der Waals surface area (Å²) in [6.07, 6.45) is 0. The molecule has 11 rings (SSSR count). The predicted molar refractivity (Wildman–Crippen MR) is 262 cm³/mol. The van der Waals surface area contributed by atoms with Crippen molar-refractivity contribution in [1.82, 2.24) is 9.13 Å². The molecule has 11 aromatic rings. The molecule has 0 amide bonds. The first kappa shape index (κ1) is 37.6. The molecule has 0 radical (unpaired) electrons. The lowest BCUT2D eigenvalue weighted by Gasteiger charge is -2.20. The van der Waals surface area contributed by atoms with Gasteiger partial charge in [0, 0.05) is 27.1 Å². The molecule has 2 aromatic heterocycles. The van der Waals surface area contributed by atoms with E-state index in [9.17, 15) is 5.26 Å². The van der Waals surface area contributed by atoms with Crippen LogP contribution in [0.15, 0.2) is 188 Å². The van der Waals surface area contributed by atoms with E-state index in [2.05, 4.69) is 211 Å². The summed E-state index contributed by atoms with van der Waals surface area (Å²) in [6.45, 7) is 14.6. The summed E-state index contributed by atoms with van der Waals surface area (Å²) in [5, 5.41) is 14.4. The lowest BCUT2D eigenvalue weighted by Crippen LogP contribution is -2.02. The Morgan fingerprint density at radius 2 is 0.889 bits per heavy atom. The van der Waals surface area contributed by atoms with Gasteiger partial charge < -0.3 is 9.13 Å². The first-order chi connectivity index (χ1) is 30.9. The molecule has 0 spiro atoms. The molecular formula is C59H40N4. The molecule has 0 fully saturated rings. The molecule has 0 saturated heterocycles. The van der Waals surface area contributed by atoms with Gasteiger partial charge in [-0.15, -0.1) is 0 Å². The van der Waals surface area contributed by atoms with Crippen LogP contribution in [0.1, 0.15) is 22.3 Å². The highest BCUT2D eigenvalue weighted by Gasteiger charge is 2.22. The van der Waals surface area contributed by atoms with Gasteiger partial charge in [-0.2, -0.15) is 5.26 Å². The fourth-order valence-corrected chi connectivity index (χ4v) is 9.77. The van der Waals surface area contributed by atoms with Crippen molar-refractivity contribution in [1.29, 1.82) is 5.26 Å². The summed E-state index contributed by atoms with van der Waals surface area (Å²) in [5.41, 5.74) is 19.9. The van der Waals surface area contributed by atoms with Crippen LogP contribution in [0.2, 0.25) is 0 Å². The summed E-state index contributed by atoms with van der Waals surface area (Å²) in [6, 6.07) is 69.1. The van der Waals surface area contributed by atoms with E-state index in [1.54, 1.807) is 0 Å². The van der Waals surface area contributed by atoms with Crippen LogP contribution in [0.25, 0.3) is 104 Å². The van der Waals surface area contributed by atoms with Crippen LogP contribution >= 0.6 is 0 Å². The number of hydrogen-bond donors (Lipinski definition) is 0. The number of fused-ring (bicyclic) bond motifs is 6. The number of aryl methyl sites for hydroxylation is 3. The van der Waals surface area contributed by atoms with Gasteiger partial charge in [0.25, 0.3) is 0 Å². The maximum atomic E-state index is 9.74. The summed E-state index contributed by atoms with van der Waals surface area (Å²) >= 11 is 0. The Labute approximate surface area is 366 Å². The number of aromatic nitrogens is 2. The zero-order chi connectivity index (χ0) is 42.8. The third kappa shape index (κ3) is 6.12. The van der Waals surface area contributed by atoms with Gasteiger partial charge in [0.1, 0.15) is 0 Å². The highest BCUT2D eigenvalue weighted by Crippen LogP contribution is 2.45. The zero-order valence-corrected chi connectivity index (χ0v) is 35.2. The van der Waals surface area contributed by atoms with Crippen molar-refractivity contribution < 1.29 is 0 Å². The molecule has 4 nitrogen and oxygen atoms in total. The fraction of sp³-hybridized carbons (Fsp3) is 0.0508. The normalized spacial score (nSPS) is 11.4. The van der Waals surface area contributed by atoms with Crippen molar-refractivity contribution in [3.63, 3.8) is 0 Å². The van der Waals surface area contributed by atoms with E-state index in [1.807, 2.05) is 18.2 Å². The van der Waals surface area contributed by atoms with Gasteiger partial charge in [-0.1, -0.05) is 121 Å². The topological polar surface area (TPSA) is 38.0 Å². The Kier molecular flexibility index (Phi) is 8.90. The van der Waals surface area contributed by atoms with Crippen molar-refractivity contribution in [3.8, 4) is 62.0 Å². The van der Waals surface area contributed by atoms with Crippen LogP contribution in [0.5, 0.6) is 0 Å². The van der Waals surface area contributed by atoms with Crippen LogP contribution < -0.4 is 0 Å². The third-order valence-electron chi connectivity index (χ3n) is 12.8. The minimum atomic E-state index is 0.569. The van der Waals surface area contributed by atoms with E-state index in [-0.39, 0.29) is 0 Å². The van der Waals surface area contributed by atoms with E-state index in [0.717, 1.165) is 66.6 Å². The number of nitriles is 1. The maximum Gasteiger partial charge on any atom is 0.188 e. The second-order valence-corrected chi connectivity index (χ2v) is 16.5. The summed E-state index contributed by atoms with van der Waals surface area (Å²) in [4.78, 5) is 4.00. The lowest BCUT2D eigenvalue weighted by atomic mass is 9.93. The van der Waals surface area contributed by atoms with Crippen LogP contribution in [0.4, 0.5) is 5.69 Å². The number of benzene rings is 9. The molecule has 296 valence electrons. The third-order valence-corrected chi connectivity index (χ3v) is 12.8. The molecule has 0 N–H and O–H groups in total. The fourth-order valence-electron chi connectivity index (χ4n) is 9.77. The smallest absolute Gasteiger partial charge is 0.188 e. The molecule has 9 aromatic carbocycles. The number of nitrogens with zero attached hydrogens (tertiary/aromatic N) is 4. The Morgan fingerprint density at radius 1 is 0.397 bits per heavy atom. The maximum absolute atomic E-state index is 9.74. The van der Waals surface area contributed by atoms with Crippen LogP contribution in [-0.4, -0.2) is 9.13 Å². The number of para-hydroxylation sites is 2. The Morgan fingerprint density at radius 3 is 1.46 bits per heavy atom. The van der Waals surface area contributed by atoms with Gasteiger partial charge in [0.2, 0.25) is 0 Å². The predicted octanol–water partition coefficient (Wildman–Crippen LogP) is 15.9. The molecule has 4 heteroatoms.